The van der Waals surface area contributed by atoms with Crippen LogP contribution >= 0.6 is 11.6 Å². The SMILES string of the molecule is COc1ccc(N(CC(=O)N/N=C(/C)c2cccc(NC(=O)c3cccc(Cl)c3)c2)S(=O)(=O)c2ccc(C)cc2)c(OC)c1. The number of rotatable bonds is 11. The molecule has 0 radical (unpaired) electrons. The molecule has 2 N–H and O–H groups in total. The Bertz CT molecular complexity index is 1810. The summed E-state index contributed by atoms with van der Waals surface area (Å²) in [6.45, 7) is 2.92. The number of ether oxygens (including phenoxy) is 2. The number of halogens is 1. The lowest BCUT2D eigenvalue weighted by molar-refractivity contribution is -0.119. The predicted octanol–water partition coefficient (Wildman–Crippen LogP) is 5.65. The lowest BCUT2D eigenvalue weighted by Crippen LogP contribution is -2.40. The zero-order valence-corrected chi connectivity index (χ0v) is 26.1. The molecule has 0 atom stereocenters. The summed E-state index contributed by atoms with van der Waals surface area (Å²) in [7, 11) is -1.32. The van der Waals surface area contributed by atoms with Crippen molar-refractivity contribution in [3.8, 4) is 11.5 Å². The second kappa shape index (κ2) is 14.1. The smallest absolute Gasteiger partial charge is 0.264 e. The van der Waals surface area contributed by atoms with Crippen molar-refractivity contribution in [3.63, 3.8) is 0 Å². The molecule has 228 valence electrons. The Hall–Kier alpha value is -4.87. The number of nitrogens with zero attached hydrogens (tertiary/aromatic N) is 2. The quantitative estimate of drug-likeness (QED) is 0.162. The minimum atomic E-state index is -4.20. The summed E-state index contributed by atoms with van der Waals surface area (Å²) in [5.41, 5.74) is 5.43. The number of methoxy groups -OCH3 is 2. The van der Waals surface area contributed by atoms with Gasteiger partial charge in [-0.15, -0.1) is 0 Å². The van der Waals surface area contributed by atoms with Crippen LogP contribution in [-0.4, -0.2) is 46.7 Å². The minimum absolute atomic E-state index is 0.00471. The summed E-state index contributed by atoms with van der Waals surface area (Å²) in [6, 6.07) is 24.4. The van der Waals surface area contributed by atoms with Crippen LogP contribution in [0.4, 0.5) is 11.4 Å². The number of anilines is 2. The van der Waals surface area contributed by atoms with Gasteiger partial charge in [-0.05, 0) is 74.0 Å². The maximum absolute atomic E-state index is 13.8. The summed E-state index contributed by atoms with van der Waals surface area (Å²) in [5, 5.41) is 7.44. The molecule has 0 aliphatic rings. The van der Waals surface area contributed by atoms with Crippen LogP contribution in [0.1, 0.15) is 28.4 Å². The number of benzene rings is 4. The molecule has 0 fully saturated rings. The van der Waals surface area contributed by atoms with Gasteiger partial charge in [-0.25, -0.2) is 13.8 Å². The molecule has 4 aromatic carbocycles. The summed E-state index contributed by atoms with van der Waals surface area (Å²) < 4.78 is 39.2. The van der Waals surface area contributed by atoms with Crippen molar-refractivity contribution in [3.05, 3.63) is 113 Å². The predicted molar refractivity (Wildman–Crippen MR) is 171 cm³/mol. The van der Waals surface area contributed by atoms with E-state index in [0.29, 0.717) is 33.3 Å². The monoisotopic (exact) mass is 634 g/mol. The average Bonchev–Trinajstić information content (AvgIpc) is 3.02. The molecular formula is C32H31ClN4O6S. The molecule has 0 aliphatic heterocycles. The van der Waals surface area contributed by atoms with Crippen molar-refractivity contribution < 1.29 is 27.5 Å². The van der Waals surface area contributed by atoms with Gasteiger partial charge in [0.2, 0.25) is 0 Å². The van der Waals surface area contributed by atoms with Gasteiger partial charge in [-0.2, -0.15) is 5.10 Å². The van der Waals surface area contributed by atoms with E-state index in [9.17, 15) is 18.0 Å². The van der Waals surface area contributed by atoms with E-state index < -0.39 is 22.5 Å². The Morgan fingerprint density at radius 2 is 1.59 bits per heavy atom. The maximum atomic E-state index is 13.8. The van der Waals surface area contributed by atoms with E-state index >= 15 is 0 Å². The Labute approximate surface area is 261 Å². The third-order valence-electron chi connectivity index (χ3n) is 6.53. The van der Waals surface area contributed by atoms with Gasteiger partial charge in [0.05, 0.1) is 30.5 Å². The molecule has 44 heavy (non-hydrogen) atoms. The highest BCUT2D eigenvalue weighted by Crippen LogP contribution is 2.35. The van der Waals surface area contributed by atoms with Gasteiger partial charge in [0.1, 0.15) is 18.0 Å². The van der Waals surface area contributed by atoms with Crippen molar-refractivity contribution in [1.82, 2.24) is 5.43 Å². The number of hydrogen-bond acceptors (Lipinski definition) is 7. The van der Waals surface area contributed by atoms with Crippen molar-refractivity contribution in [2.24, 2.45) is 5.10 Å². The molecule has 10 nitrogen and oxygen atoms in total. The second-order valence-electron chi connectivity index (χ2n) is 9.64. The van der Waals surface area contributed by atoms with Crippen molar-refractivity contribution >= 4 is 50.5 Å². The Balaban J connectivity index is 1.56. The molecule has 0 saturated carbocycles. The lowest BCUT2D eigenvalue weighted by Gasteiger charge is -2.25. The largest absolute Gasteiger partial charge is 0.497 e. The molecule has 0 heterocycles. The molecule has 0 aliphatic carbocycles. The number of aryl methyl sites for hydroxylation is 1. The van der Waals surface area contributed by atoms with Gasteiger partial charge in [0, 0.05) is 22.3 Å². The van der Waals surface area contributed by atoms with Crippen LogP contribution in [0.3, 0.4) is 0 Å². The molecule has 12 heteroatoms. The number of carbonyl (C=O) groups is 2. The van der Waals surface area contributed by atoms with Crippen LogP contribution in [0.15, 0.2) is 101 Å². The zero-order valence-electron chi connectivity index (χ0n) is 24.5. The molecule has 4 aromatic rings. The zero-order chi connectivity index (χ0) is 31.9. The number of amides is 2. The molecule has 0 saturated heterocycles. The van der Waals surface area contributed by atoms with Gasteiger partial charge in [0.25, 0.3) is 21.8 Å². The number of carbonyl (C=O) groups excluding carboxylic acids is 2. The van der Waals surface area contributed by atoms with Gasteiger partial charge in [0.15, 0.2) is 0 Å². The fraction of sp³-hybridized carbons (Fsp3) is 0.156. The van der Waals surface area contributed by atoms with Crippen LogP contribution < -0.4 is 24.5 Å². The van der Waals surface area contributed by atoms with E-state index in [1.54, 1.807) is 73.7 Å². The Morgan fingerprint density at radius 1 is 0.886 bits per heavy atom. The molecule has 0 spiro atoms. The van der Waals surface area contributed by atoms with Crippen LogP contribution in [0, 0.1) is 6.92 Å². The molecular weight excluding hydrogens is 604 g/mol. The minimum Gasteiger partial charge on any atom is -0.497 e. The number of hydrazone groups is 1. The van der Waals surface area contributed by atoms with E-state index in [2.05, 4.69) is 15.8 Å². The van der Waals surface area contributed by atoms with Gasteiger partial charge in [-0.3, -0.25) is 13.9 Å². The summed E-state index contributed by atoms with van der Waals surface area (Å²) in [6.07, 6.45) is 0. The number of nitrogens with one attached hydrogen (secondary N) is 2. The fourth-order valence-electron chi connectivity index (χ4n) is 4.16. The van der Waals surface area contributed by atoms with Crippen LogP contribution in [0.2, 0.25) is 5.02 Å². The van der Waals surface area contributed by atoms with E-state index in [0.717, 1.165) is 9.87 Å². The van der Waals surface area contributed by atoms with E-state index in [4.69, 9.17) is 21.1 Å². The Morgan fingerprint density at radius 3 is 2.27 bits per heavy atom. The standard InChI is InChI=1S/C32H31ClN4O6S/c1-21-11-14-28(15-12-21)44(40,41)37(29-16-13-27(42-3)19-30(29)43-4)20-31(38)36-35-22(2)23-7-6-10-26(18-23)34-32(39)24-8-5-9-25(33)17-24/h5-19H,20H2,1-4H3,(H,34,39)(H,36,38)/b35-22-. The van der Waals surface area contributed by atoms with E-state index in [1.807, 2.05) is 6.92 Å². The highest BCUT2D eigenvalue weighted by Gasteiger charge is 2.30. The van der Waals surface area contributed by atoms with Crippen molar-refractivity contribution in [2.75, 3.05) is 30.4 Å². The summed E-state index contributed by atoms with van der Waals surface area (Å²) >= 11 is 6.00. The molecule has 4 rings (SSSR count). The fourth-order valence-corrected chi connectivity index (χ4v) is 5.78. The normalized spacial score (nSPS) is 11.4. The van der Waals surface area contributed by atoms with Crippen molar-refractivity contribution in [1.29, 1.82) is 0 Å². The molecule has 0 unspecified atom stereocenters. The van der Waals surface area contributed by atoms with Gasteiger partial charge < -0.3 is 14.8 Å². The highest BCUT2D eigenvalue weighted by molar-refractivity contribution is 7.92. The first-order chi connectivity index (χ1) is 21.0. The third kappa shape index (κ3) is 7.74. The maximum Gasteiger partial charge on any atom is 0.264 e. The first-order valence-corrected chi connectivity index (χ1v) is 15.2. The molecule has 0 bridgehead atoms. The average molecular weight is 635 g/mol. The van der Waals surface area contributed by atoms with Crippen LogP contribution in [-0.2, 0) is 14.8 Å². The first kappa shape index (κ1) is 32.1. The highest BCUT2D eigenvalue weighted by atomic mass is 35.5. The van der Waals surface area contributed by atoms with Gasteiger partial charge >= 0.3 is 0 Å². The van der Waals surface area contributed by atoms with Gasteiger partial charge in [-0.1, -0.05) is 47.5 Å². The summed E-state index contributed by atoms with van der Waals surface area (Å²) in [5.74, 6) is -0.377. The first-order valence-electron chi connectivity index (χ1n) is 13.3. The topological polar surface area (TPSA) is 126 Å². The van der Waals surface area contributed by atoms with Crippen LogP contribution in [0.5, 0.6) is 11.5 Å². The summed E-state index contributed by atoms with van der Waals surface area (Å²) in [4.78, 5) is 25.8. The van der Waals surface area contributed by atoms with E-state index in [-0.39, 0.29) is 22.2 Å². The molecule has 2 amide bonds. The van der Waals surface area contributed by atoms with Crippen molar-refractivity contribution in [2.45, 2.75) is 18.7 Å². The number of sulfonamides is 1. The second-order valence-corrected chi connectivity index (χ2v) is 11.9. The third-order valence-corrected chi connectivity index (χ3v) is 8.53. The van der Waals surface area contributed by atoms with E-state index in [1.165, 1.54) is 38.5 Å². The molecule has 0 aromatic heterocycles. The lowest BCUT2D eigenvalue weighted by atomic mass is 10.1. The number of hydrogen-bond donors (Lipinski definition) is 2. The van der Waals surface area contributed by atoms with Crippen LogP contribution in [0.25, 0.3) is 0 Å². The Kier molecular flexibility index (Phi) is 10.2.